The van der Waals surface area contributed by atoms with Crippen molar-refractivity contribution in [3.05, 3.63) is 34.6 Å². The molecule has 0 heterocycles. The van der Waals surface area contributed by atoms with Crippen molar-refractivity contribution in [3.63, 3.8) is 0 Å². The molecule has 0 bridgehead atoms. The average Bonchev–Trinajstić information content (AvgIpc) is 3.09. The number of amides is 2. The van der Waals surface area contributed by atoms with Crippen molar-refractivity contribution in [3.8, 4) is 0 Å². The second-order valence-corrected chi connectivity index (χ2v) is 5.64. The van der Waals surface area contributed by atoms with Gasteiger partial charge in [-0.25, -0.2) is 22.0 Å². The number of nitrogens with one attached hydrogen (secondary N) is 2. The highest BCUT2D eigenvalue weighted by Gasteiger charge is 2.32. The lowest BCUT2D eigenvalue weighted by molar-refractivity contribution is -0.124. The van der Waals surface area contributed by atoms with Crippen molar-refractivity contribution in [2.75, 3.05) is 6.61 Å². The van der Waals surface area contributed by atoms with E-state index in [9.17, 15) is 36.6 Å². The van der Waals surface area contributed by atoms with Gasteiger partial charge >= 0.3 is 0 Å². The number of rotatable bonds is 5. The number of halogens is 5. The summed E-state index contributed by atoms with van der Waals surface area (Å²) in [6.07, 6.45) is 3.20. The SMILES string of the molecule is O=C(NC(CO)C(=O)NC1CCCC1)c1c(F)c(F)c(F)c(F)c1F. The molecule has 3 N–H and O–H groups in total. The largest absolute Gasteiger partial charge is 0.394 e. The van der Waals surface area contributed by atoms with E-state index in [-0.39, 0.29) is 6.04 Å². The molecule has 0 radical (unpaired) electrons. The second kappa shape index (κ2) is 7.77. The zero-order chi connectivity index (χ0) is 18.7. The number of carbonyl (C=O) groups is 2. The van der Waals surface area contributed by atoms with Crippen LogP contribution in [-0.4, -0.2) is 35.6 Å². The van der Waals surface area contributed by atoms with E-state index in [0.29, 0.717) is 12.8 Å². The predicted octanol–water partition coefficient (Wildman–Crippen LogP) is 1.53. The van der Waals surface area contributed by atoms with Crippen LogP contribution in [0.4, 0.5) is 22.0 Å². The highest BCUT2D eigenvalue weighted by Crippen LogP contribution is 2.23. The fraction of sp³-hybridized carbons (Fsp3) is 0.467. The summed E-state index contributed by atoms with van der Waals surface area (Å²) in [6.45, 7) is -0.917. The molecule has 1 saturated carbocycles. The number of hydrogen-bond acceptors (Lipinski definition) is 3. The number of aliphatic hydroxyl groups excluding tert-OH is 1. The standard InChI is InChI=1S/C15H15F5N2O3/c16-9-8(10(17)12(19)13(20)11(9)18)15(25)22-7(5-23)14(24)21-6-3-1-2-4-6/h6-7,23H,1-5H2,(H,21,24)(H,22,25). The van der Waals surface area contributed by atoms with Gasteiger partial charge in [0.05, 0.1) is 6.61 Å². The van der Waals surface area contributed by atoms with Gasteiger partial charge in [-0.3, -0.25) is 9.59 Å². The van der Waals surface area contributed by atoms with E-state index in [4.69, 9.17) is 0 Å². The molecule has 1 aromatic carbocycles. The highest BCUT2D eigenvalue weighted by molar-refractivity contribution is 5.98. The van der Waals surface area contributed by atoms with Crippen LogP contribution in [0.5, 0.6) is 0 Å². The lowest BCUT2D eigenvalue weighted by atomic mass is 10.1. The third-order valence-electron chi connectivity index (χ3n) is 3.94. The maximum absolute atomic E-state index is 13.6. The van der Waals surface area contributed by atoms with Crippen LogP contribution in [0.3, 0.4) is 0 Å². The summed E-state index contributed by atoms with van der Waals surface area (Å²) in [5.41, 5.74) is -1.72. The molecule has 1 unspecified atom stereocenters. The van der Waals surface area contributed by atoms with Gasteiger partial charge in [-0.15, -0.1) is 0 Å². The van der Waals surface area contributed by atoms with Gasteiger partial charge in [0, 0.05) is 6.04 Å². The van der Waals surface area contributed by atoms with Gasteiger partial charge in [-0.1, -0.05) is 12.8 Å². The molecular formula is C15H15F5N2O3. The average molecular weight is 366 g/mol. The zero-order valence-corrected chi connectivity index (χ0v) is 12.8. The molecule has 138 valence electrons. The molecule has 2 rings (SSSR count). The Kier molecular flexibility index (Phi) is 5.93. The molecule has 25 heavy (non-hydrogen) atoms. The smallest absolute Gasteiger partial charge is 0.258 e. The van der Waals surface area contributed by atoms with Crippen LogP contribution in [0.2, 0.25) is 0 Å². The van der Waals surface area contributed by atoms with Crippen LogP contribution in [0.25, 0.3) is 0 Å². The van der Waals surface area contributed by atoms with E-state index in [2.05, 4.69) is 5.32 Å². The van der Waals surface area contributed by atoms with Crippen molar-refractivity contribution < 1.29 is 36.6 Å². The molecule has 1 fully saturated rings. The van der Waals surface area contributed by atoms with E-state index < -0.39 is 59.1 Å². The van der Waals surface area contributed by atoms with Crippen LogP contribution in [0, 0.1) is 29.1 Å². The Morgan fingerprint density at radius 3 is 1.92 bits per heavy atom. The number of hydrogen-bond donors (Lipinski definition) is 3. The van der Waals surface area contributed by atoms with Crippen LogP contribution in [-0.2, 0) is 4.79 Å². The highest BCUT2D eigenvalue weighted by atomic mass is 19.2. The van der Waals surface area contributed by atoms with E-state index in [1.165, 1.54) is 0 Å². The molecule has 1 aliphatic rings. The molecule has 0 aromatic heterocycles. The van der Waals surface area contributed by atoms with E-state index in [1.807, 2.05) is 0 Å². The van der Waals surface area contributed by atoms with Gasteiger partial charge in [0.2, 0.25) is 11.7 Å². The Morgan fingerprint density at radius 1 is 0.960 bits per heavy atom. The Labute approximate surface area is 139 Å². The van der Waals surface area contributed by atoms with Crippen molar-refractivity contribution >= 4 is 11.8 Å². The minimum Gasteiger partial charge on any atom is -0.394 e. The van der Waals surface area contributed by atoms with Gasteiger partial charge in [0.15, 0.2) is 23.3 Å². The zero-order valence-electron chi connectivity index (χ0n) is 12.8. The molecule has 5 nitrogen and oxygen atoms in total. The molecule has 0 spiro atoms. The topological polar surface area (TPSA) is 78.4 Å². The second-order valence-electron chi connectivity index (χ2n) is 5.64. The molecule has 0 saturated heterocycles. The summed E-state index contributed by atoms with van der Waals surface area (Å²) in [5.74, 6) is -14.1. The first-order valence-electron chi connectivity index (χ1n) is 7.51. The maximum Gasteiger partial charge on any atom is 0.258 e. The summed E-state index contributed by atoms with van der Waals surface area (Å²) in [7, 11) is 0. The summed E-state index contributed by atoms with van der Waals surface area (Å²) in [6, 6.07) is -1.75. The molecule has 1 aromatic rings. The predicted molar refractivity (Wildman–Crippen MR) is 75.0 cm³/mol. The first-order valence-corrected chi connectivity index (χ1v) is 7.51. The van der Waals surface area contributed by atoms with Crippen molar-refractivity contribution in [2.24, 2.45) is 0 Å². The first kappa shape index (κ1) is 19.1. The van der Waals surface area contributed by atoms with E-state index >= 15 is 0 Å². The fourth-order valence-electron chi connectivity index (χ4n) is 2.60. The molecule has 10 heteroatoms. The van der Waals surface area contributed by atoms with Crippen LogP contribution < -0.4 is 10.6 Å². The Bertz CT molecular complexity index is 663. The molecular weight excluding hydrogens is 351 g/mol. The number of benzene rings is 1. The van der Waals surface area contributed by atoms with Crippen LogP contribution in [0.1, 0.15) is 36.0 Å². The van der Waals surface area contributed by atoms with Gasteiger partial charge in [-0.2, -0.15) is 0 Å². The number of carbonyl (C=O) groups excluding carboxylic acids is 2. The summed E-state index contributed by atoms with van der Waals surface area (Å²) >= 11 is 0. The first-order chi connectivity index (χ1) is 11.8. The Morgan fingerprint density at radius 2 is 1.44 bits per heavy atom. The third-order valence-corrected chi connectivity index (χ3v) is 3.94. The monoisotopic (exact) mass is 366 g/mol. The van der Waals surface area contributed by atoms with E-state index in [1.54, 1.807) is 5.32 Å². The normalized spacial score (nSPS) is 15.9. The summed E-state index contributed by atoms with van der Waals surface area (Å²) < 4.78 is 66.4. The van der Waals surface area contributed by atoms with Crippen LogP contribution in [0.15, 0.2) is 0 Å². The maximum atomic E-state index is 13.6. The van der Waals surface area contributed by atoms with Gasteiger partial charge in [-0.05, 0) is 12.8 Å². The van der Waals surface area contributed by atoms with Crippen molar-refractivity contribution in [2.45, 2.75) is 37.8 Å². The minimum absolute atomic E-state index is 0.160. The Hall–Kier alpha value is -2.23. The molecule has 1 atom stereocenters. The van der Waals surface area contributed by atoms with Gasteiger partial charge in [0.25, 0.3) is 5.91 Å². The lowest BCUT2D eigenvalue weighted by Crippen LogP contribution is -2.51. The fourth-order valence-corrected chi connectivity index (χ4v) is 2.60. The lowest BCUT2D eigenvalue weighted by Gasteiger charge is -2.19. The van der Waals surface area contributed by atoms with Gasteiger partial charge in [0.1, 0.15) is 11.6 Å². The third kappa shape index (κ3) is 3.89. The quantitative estimate of drug-likeness (QED) is 0.420. The van der Waals surface area contributed by atoms with E-state index in [0.717, 1.165) is 12.8 Å². The molecule has 0 aliphatic heterocycles. The van der Waals surface area contributed by atoms with Gasteiger partial charge < -0.3 is 15.7 Å². The number of aliphatic hydroxyl groups is 1. The summed E-state index contributed by atoms with van der Waals surface area (Å²) in [5, 5.41) is 13.5. The van der Waals surface area contributed by atoms with Crippen LogP contribution >= 0.6 is 0 Å². The van der Waals surface area contributed by atoms with Crippen molar-refractivity contribution in [1.29, 1.82) is 0 Å². The Balaban J connectivity index is 2.18. The van der Waals surface area contributed by atoms with Crippen molar-refractivity contribution in [1.82, 2.24) is 10.6 Å². The molecule has 2 amide bonds. The minimum atomic E-state index is -2.40. The molecule has 1 aliphatic carbocycles. The summed E-state index contributed by atoms with van der Waals surface area (Å²) in [4.78, 5) is 23.8.